The average molecular weight is 433 g/mol. The molecule has 0 spiro atoms. The van der Waals surface area contributed by atoms with Crippen LogP contribution in [0.3, 0.4) is 0 Å². The van der Waals surface area contributed by atoms with E-state index < -0.39 is 0 Å². The van der Waals surface area contributed by atoms with Crippen molar-refractivity contribution in [3.63, 3.8) is 0 Å². The van der Waals surface area contributed by atoms with Crippen molar-refractivity contribution in [2.24, 2.45) is 0 Å². The molecule has 0 heterocycles. The molecule has 0 nitrogen and oxygen atoms in total. The van der Waals surface area contributed by atoms with Gasteiger partial charge in [-0.25, -0.2) is 0 Å². The predicted molar refractivity (Wildman–Crippen MR) is 20.5 cm³/mol. The van der Waals surface area contributed by atoms with E-state index in [-0.39, 0.29) is 118 Å². The Bertz CT molecular complexity index is 11.5. The fraction of sp³-hybridized carbons (Fsp3) is 0. The first-order valence-electron chi connectivity index (χ1n) is 0. The van der Waals surface area contributed by atoms with Gasteiger partial charge in [-0.1, -0.05) is 0 Å². The summed E-state index contributed by atoms with van der Waals surface area (Å²) in [5, 5.41) is 0. The van der Waals surface area contributed by atoms with Crippen molar-refractivity contribution in [3.8, 4) is 0 Å². The van der Waals surface area contributed by atoms with E-state index in [0.717, 1.165) is 0 Å². The summed E-state index contributed by atoms with van der Waals surface area (Å²) in [5.41, 5.74) is 0. The van der Waals surface area contributed by atoms with Crippen LogP contribution in [-0.2, 0) is 101 Å². The van der Waals surface area contributed by atoms with Crippen LogP contribution in [0.25, 0.3) is 0 Å². The van der Waals surface area contributed by atoms with Gasteiger partial charge < -0.3 is 44.1 Å². The van der Waals surface area contributed by atoms with Gasteiger partial charge in [0, 0.05) is 0 Å². The molecule has 0 aliphatic rings. The molecule has 0 amide bonds. The van der Waals surface area contributed by atoms with Crippen LogP contribution in [0.15, 0.2) is 0 Å². The topological polar surface area (TPSA) is 0 Å². The van der Waals surface area contributed by atoms with Crippen molar-refractivity contribution >= 4 is 44.1 Å². The average Bonchev–Trinajstić information content (AvgIpc) is 0. The molecule has 0 atom stereocenters. The summed E-state index contributed by atoms with van der Waals surface area (Å²) in [4.78, 5) is 0. The van der Waals surface area contributed by atoms with Crippen molar-refractivity contribution in [1.82, 2.24) is 0 Å². The van der Waals surface area contributed by atoms with Gasteiger partial charge in [0.1, 0.15) is 0 Å². The van der Waals surface area contributed by atoms with Crippen LogP contribution in [0.2, 0.25) is 0 Å². The van der Waals surface area contributed by atoms with E-state index in [0.29, 0.717) is 0 Å². The fourth-order valence-electron chi connectivity index (χ4n) is 0. The van der Waals surface area contributed by atoms with Crippen molar-refractivity contribution in [1.29, 1.82) is 0 Å². The summed E-state index contributed by atoms with van der Waals surface area (Å²) in [6.07, 6.45) is 0. The second kappa shape index (κ2) is 37.8. The maximum Gasteiger partial charge on any atom is 2.00 e. The molecule has 0 unspecified atom stereocenters. The first-order valence-corrected chi connectivity index (χ1v) is 0. The van der Waals surface area contributed by atoms with Gasteiger partial charge in [-0.2, -0.15) is 0 Å². The Kier molecular flexibility index (Phi) is 338. The van der Waals surface area contributed by atoms with E-state index >= 15 is 0 Å². The summed E-state index contributed by atoms with van der Waals surface area (Å²) < 4.78 is 0. The Morgan fingerprint density at radius 1 is 0.667 bits per heavy atom. The number of rotatable bonds is 0. The maximum absolute atomic E-state index is 0. The van der Waals surface area contributed by atoms with Gasteiger partial charge in [-0.3, -0.25) is 0 Å². The zero-order valence-electron chi connectivity index (χ0n) is 3.35. The molecular weight excluding hydrogens is 433 g/mol. The van der Waals surface area contributed by atoms with Crippen LogP contribution >= 0.6 is 0 Å². The summed E-state index contributed by atoms with van der Waals surface area (Å²) in [7, 11) is 0. The van der Waals surface area contributed by atoms with Crippen LogP contribution in [-0.4, -0.2) is 17.1 Å². The van der Waals surface area contributed by atoms with Crippen LogP contribution in [0.4, 0.5) is 0 Å². The molecule has 0 radical (unpaired) electrons. The van der Waals surface area contributed by atoms with Gasteiger partial charge in [-0.05, 0) is 0 Å². The predicted octanol–water partition coefficient (Wildman–Crippen LogP) is -0.393. The van der Waals surface area contributed by atoms with Crippen molar-refractivity contribution < 1.29 is 74.1 Å². The van der Waals surface area contributed by atoms with E-state index in [1.54, 1.807) is 0 Å². The minimum Gasteiger partial charge on any atom is -2.00 e. The minimum atomic E-state index is 0. The smallest absolute Gasteiger partial charge is 2.00 e. The van der Waals surface area contributed by atoms with Crippen LogP contribution in [0, 0.1) is 0 Å². The first kappa shape index (κ1) is 53.8. The molecule has 0 aromatic heterocycles. The van der Waals surface area contributed by atoms with Crippen molar-refractivity contribution in [2.75, 3.05) is 0 Å². The summed E-state index contributed by atoms with van der Waals surface area (Å²) in [6.45, 7) is 0. The Hall–Kier alpha value is 3.69. The standard InChI is InChI=1S/2Cd.2S.Se.Zn/q2*+2;3*-2;+2. The Morgan fingerprint density at radius 3 is 0.667 bits per heavy atom. The molecule has 0 aromatic rings. The van der Waals surface area contributed by atoms with Gasteiger partial charge in [0.25, 0.3) is 0 Å². The van der Waals surface area contributed by atoms with Crippen LogP contribution in [0.5, 0.6) is 0 Å². The normalized spacial score (nSPS) is 0. The summed E-state index contributed by atoms with van der Waals surface area (Å²) in [5.74, 6) is 0. The van der Waals surface area contributed by atoms with E-state index in [4.69, 9.17) is 0 Å². The molecule has 24 valence electrons. The van der Waals surface area contributed by atoms with E-state index in [1.165, 1.54) is 0 Å². The zero-order chi connectivity index (χ0) is 0. The third-order valence-electron chi connectivity index (χ3n) is 0. The molecular formula is Cd2S2SeZn. The Morgan fingerprint density at radius 2 is 0.667 bits per heavy atom. The molecule has 0 aliphatic heterocycles. The molecule has 0 saturated carbocycles. The number of hydrogen-bond acceptors (Lipinski definition) is 0. The molecule has 0 bridgehead atoms. The minimum absolute atomic E-state index is 0. The monoisotopic (exact) mass is 436 g/mol. The summed E-state index contributed by atoms with van der Waals surface area (Å²) >= 11 is 0. The third kappa shape index (κ3) is 25.3. The van der Waals surface area contributed by atoms with Gasteiger partial charge in [-0.15, -0.1) is 0 Å². The molecule has 0 aromatic carbocycles. The zero-order valence-corrected chi connectivity index (χ0v) is 17.7. The quantitative estimate of drug-likeness (QED) is 0.457. The fourth-order valence-corrected chi connectivity index (χ4v) is 0. The SMILES string of the molecule is [Cd+2].[Cd+2].[S-2].[S-2].[Se-2].[Zn+2]. The van der Waals surface area contributed by atoms with Crippen molar-refractivity contribution in [3.05, 3.63) is 0 Å². The first-order chi connectivity index (χ1) is 0. The van der Waals surface area contributed by atoms with Crippen molar-refractivity contribution in [2.45, 2.75) is 0 Å². The molecule has 0 aliphatic carbocycles. The Balaban J connectivity index is 0. The van der Waals surface area contributed by atoms with Gasteiger partial charge in [0.05, 0.1) is 0 Å². The largest absolute Gasteiger partial charge is 2.00 e. The summed E-state index contributed by atoms with van der Waals surface area (Å²) in [6, 6.07) is 0. The van der Waals surface area contributed by atoms with E-state index in [2.05, 4.69) is 0 Å². The molecule has 0 N–H and O–H groups in total. The van der Waals surface area contributed by atoms with Crippen LogP contribution < -0.4 is 0 Å². The van der Waals surface area contributed by atoms with Gasteiger partial charge in [0.2, 0.25) is 0 Å². The maximum atomic E-state index is 0. The third-order valence-corrected chi connectivity index (χ3v) is 0. The van der Waals surface area contributed by atoms with Crippen LogP contribution in [0.1, 0.15) is 0 Å². The second-order valence-corrected chi connectivity index (χ2v) is 0. The molecule has 0 rings (SSSR count). The Labute approximate surface area is 116 Å². The molecule has 6 heteroatoms. The second-order valence-electron chi connectivity index (χ2n) is 0. The van der Waals surface area contributed by atoms with Gasteiger partial charge >= 0.3 is 74.1 Å². The van der Waals surface area contributed by atoms with Gasteiger partial charge in [0.15, 0.2) is 0 Å². The van der Waals surface area contributed by atoms with E-state index in [1.807, 2.05) is 0 Å². The molecule has 0 fully saturated rings. The molecule has 6 heavy (non-hydrogen) atoms. The number of hydrogen-bond donors (Lipinski definition) is 0. The van der Waals surface area contributed by atoms with E-state index in [9.17, 15) is 0 Å². The molecule has 0 saturated heterocycles.